The van der Waals surface area contributed by atoms with Crippen LogP contribution < -0.4 is 22.1 Å². The van der Waals surface area contributed by atoms with E-state index in [0.29, 0.717) is 19.4 Å². The number of nitrogens with zero attached hydrogens (tertiary/aromatic N) is 2. The highest BCUT2D eigenvalue weighted by Gasteiger charge is 2.13. The van der Waals surface area contributed by atoms with E-state index >= 15 is 0 Å². The minimum Gasteiger partial charge on any atom is -0.461 e. The Morgan fingerprint density at radius 2 is 1.86 bits per heavy atom. The lowest BCUT2D eigenvalue weighted by Gasteiger charge is -2.13. The van der Waals surface area contributed by atoms with Crippen LogP contribution in [0.2, 0.25) is 0 Å². The second-order valence-electron chi connectivity index (χ2n) is 6.34. The van der Waals surface area contributed by atoms with Crippen LogP contribution >= 0.6 is 0 Å². The van der Waals surface area contributed by atoms with Gasteiger partial charge >= 0.3 is 5.97 Å². The van der Waals surface area contributed by atoms with Crippen LogP contribution in [0.15, 0.2) is 35.4 Å². The van der Waals surface area contributed by atoms with Crippen molar-refractivity contribution in [3.63, 3.8) is 0 Å². The molecule has 11 nitrogen and oxygen atoms in total. The number of carbonyl (C=O) groups is 2. The number of hydrazone groups is 1. The molecule has 29 heavy (non-hydrogen) atoms. The van der Waals surface area contributed by atoms with Gasteiger partial charge in [-0.3, -0.25) is 9.59 Å². The van der Waals surface area contributed by atoms with Gasteiger partial charge in [0.2, 0.25) is 5.91 Å². The van der Waals surface area contributed by atoms with Gasteiger partial charge in [0.15, 0.2) is 5.03 Å². The van der Waals surface area contributed by atoms with E-state index in [2.05, 4.69) is 15.7 Å². The van der Waals surface area contributed by atoms with Crippen LogP contribution in [-0.2, 0) is 20.9 Å². The molecule has 1 amide bonds. The first-order valence-corrected chi connectivity index (χ1v) is 9.33. The van der Waals surface area contributed by atoms with Gasteiger partial charge in [-0.15, -0.1) is 0 Å². The van der Waals surface area contributed by atoms with Crippen molar-refractivity contribution < 1.29 is 19.4 Å². The zero-order chi connectivity index (χ0) is 21.5. The Morgan fingerprint density at radius 3 is 2.55 bits per heavy atom. The van der Waals surface area contributed by atoms with Crippen molar-refractivity contribution in [2.75, 3.05) is 6.54 Å². The normalized spacial score (nSPS) is 12.1. The van der Waals surface area contributed by atoms with Crippen LogP contribution in [0.4, 0.5) is 0 Å². The maximum absolute atomic E-state index is 11.8. The Morgan fingerprint density at radius 1 is 1.17 bits per heavy atom. The molecule has 1 atom stereocenters. The Bertz CT molecular complexity index is 683. The molecule has 0 unspecified atom stereocenters. The number of benzene rings is 1. The zero-order valence-electron chi connectivity index (χ0n) is 16.2. The minimum atomic E-state index is -0.866. The van der Waals surface area contributed by atoms with Gasteiger partial charge in [0.25, 0.3) is 5.96 Å². The molecule has 0 spiro atoms. The van der Waals surface area contributed by atoms with Gasteiger partial charge in [0.1, 0.15) is 11.7 Å². The fourth-order valence-corrected chi connectivity index (χ4v) is 2.41. The summed E-state index contributed by atoms with van der Waals surface area (Å²) in [6, 6.07) is 9.27. The number of nitrogens with one attached hydrogen (secondary N) is 2. The van der Waals surface area contributed by atoms with E-state index in [0.717, 1.165) is 24.8 Å². The molecule has 1 aromatic rings. The van der Waals surface area contributed by atoms with Crippen LogP contribution in [0.5, 0.6) is 0 Å². The first-order chi connectivity index (χ1) is 13.9. The average molecular weight is 408 g/mol. The quantitative estimate of drug-likeness (QED) is 0.0696. The molecule has 0 heterocycles. The summed E-state index contributed by atoms with van der Waals surface area (Å²) in [4.78, 5) is 33.7. The van der Waals surface area contributed by atoms with Gasteiger partial charge in [-0.2, -0.15) is 0 Å². The van der Waals surface area contributed by atoms with Crippen molar-refractivity contribution in [3.05, 3.63) is 46.0 Å². The van der Waals surface area contributed by atoms with Crippen molar-refractivity contribution in [3.8, 4) is 0 Å². The third-order valence-electron chi connectivity index (χ3n) is 3.80. The third kappa shape index (κ3) is 12.7. The van der Waals surface area contributed by atoms with Crippen LogP contribution in [0, 0.1) is 10.1 Å². The summed E-state index contributed by atoms with van der Waals surface area (Å²) in [5.41, 5.74) is 11.9. The number of unbranched alkanes of at least 4 members (excludes halogenated alkanes) is 3. The van der Waals surface area contributed by atoms with Crippen molar-refractivity contribution in [1.82, 2.24) is 10.6 Å². The molecule has 6 N–H and O–H groups in total. The molecule has 0 aromatic heterocycles. The van der Waals surface area contributed by atoms with E-state index in [-0.39, 0.29) is 24.9 Å². The highest BCUT2D eigenvalue weighted by molar-refractivity contribution is 5.77. The fourth-order valence-electron chi connectivity index (χ4n) is 2.41. The summed E-state index contributed by atoms with van der Waals surface area (Å²) in [6.45, 7) is 0.629. The SMILES string of the molecule is N/C(=N/[N+](=O)[O-])NCCCCCCC(=O)N[C@H](N)CC(=O)OCc1ccccc1. The highest BCUT2D eigenvalue weighted by Crippen LogP contribution is 2.04. The predicted octanol–water partition coefficient (Wildman–Crippen LogP) is 0.567. The molecule has 0 aliphatic carbocycles. The molecule has 0 bridgehead atoms. The second-order valence-corrected chi connectivity index (χ2v) is 6.34. The van der Waals surface area contributed by atoms with Gasteiger partial charge in [0.05, 0.1) is 12.6 Å². The summed E-state index contributed by atoms with van der Waals surface area (Å²) in [5.74, 6) is -0.937. The number of esters is 1. The van der Waals surface area contributed by atoms with Gasteiger partial charge in [-0.25, -0.2) is 10.1 Å². The maximum Gasteiger partial charge on any atom is 0.309 e. The van der Waals surface area contributed by atoms with Gasteiger partial charge < -0.3 is 26.8 Å². The molecule has 160 valence electrons. The molecule has 1 aromatic carbocycles. The van der Waals surface area contributed by atoms with Crippen LogP contribution in [0.25, 0.3) is 0 Å². The van der Waals surface area contributed by atoms with E-state index in [9.17, 15) is 19.7 Å². The second kappa shape index (κ2) is 13.9. The molecule has 1 rings (SSSR count). The van der Waals surface area contributed by atoms with Crippen LogP contribution in [0.3, 0.4) is 0 Å². The largest absolute Gasteiger partial charge is 0.461 e. The molecule has 0 aliphatic rings. The predicted molar refractivity (Wildman–Crippen MR) is 107 cm³/mol. The smallest absolute Gasteiger partial charge is 0.309 e. The molecule has 0 saturated heterocycles. The van der Waals surface area contributed by atoms with Gasteiger partial charge in [-0.1, -0.05) is 43.2 Å². The molecular weight excluding hydrogens is 380 g/mol. The molecule has 0 saturated carbocycles. The molecular formula is C18H28N6O5. The Kier molecular flexibility index (Phi) is 11.4. The average Bonchev–Trinajstić information content (AvgIpc) is 2.65. The lowest BCUT2D eigenvalue weighted by atomic mass is 10.1. The van der Waals surface area contributed by atoms with Crippen LogP contribution in [0.1, 0.15) is 44.1 Å². The monoisotopic (exact) mass is 408 g/mol. The van der Waals surface area contributed by atoms with Gasteiger partial charge in [0, 0.05) is 13.0 Å². The van der Waals surface area contributed by atoms with Crippen LogP contribution in [-0.4, -0.2) is 35.6 Å². The Hall–Kier alpha value is -3.21. The number of carbonyl (C=O) groups excluding carboxylic acids is 2. The summed E-state index contributed by atoms with van der Waals surface area (Å²) in [7, 11) is 0. The lowest BCUT2D eigenvalue weighted by molar-refractivity contribution is -0.485. The number of rotatable bonds is 13. The number of guanidine groups is 1. The molecule has 0 fully saturated rings. The number of hydrogen-bond acceptors (Lipinski definition) is 6. The number of ether oxygens (including phenoxy) is 1. The van der Waals surface area contributed by atoms with E-state index in [1.165, 1.54) is 0 Å². The topological polar surface area (TPSA) is 175 Å². The first-order valence-electron chi connectivity index (χ1n) is 9.33. The van der Waals surface area contributed by atoms with Crippen molar-refractivity contribution >= 4 is 17.8 Å². The van der Waals surface area contributed by atoms with E-state index in [4.69, 9.17) is 16.2 Å². The summed E-state index contributed by atoms with van der Waals surface area (Å²) < 4.78 is 5.12. The van der Waals surface area contributed by atoms with Gasteiger partial charge in [-0.05, 0) is 18.4 Å². The van der Waals surface area contributed by atoms with Crippen molar-refractivity contribution in [2.24, 2.45) is 16.6 Å². The number of hydrogen-bond donors (Lipinski definition) is 4. The molecule has 11 heteroatoms. The lowest BCUT2D eigenvalue weighted by Crippen LogP contribution is -2.43. The maximum atomic E-state index is 11.8. The zero-order valence-corrected chi connectivity index (χ0v) is 16.2. The van der Waals surface area contributed by atoms with Crippen molar-refractivity contribution in [1.29, 1.82) is 0 Å². The Balaban J connectivity index is 2.05. The standard InChI is InChI=1S/C18H28N6O5/c19-15(12-17(26)29-13-14-8-4-3-5-9-14)22-16(25)10-6-1-2-7-11-21-18(20)23-24(27)28/h3-5,8-9,15H,1-2,6-7,10-13,19H2,(H,22,25)(H3,20,21,23)/t15-/m0/s1. The van der Waals surface area contributed by atoms with Crippen molar-refractivity contribution in [2.45, 2.75) is 51.3 Å². The molecule has 0 aliphatic heterocycles. The molecule has 0 radical (unpaired) electrons. The number of nitro groups is 1. The highest BCUT2D eigenvalue weighted by atomic mass is 16.7. The van der Waals surface area contributed by atoms with E-state index in [1.54, 1.807) is 0 Å². The summed E-state index contributed by atoms with van der Waals surface area (Å²) in [6.07, 6.45) is 2.43. The van der Waals surface area contributed by atoms with E-state index < -0.39 is 17.2 Å². The first kappa shape index (κ1) is 23.8. The third-order valence-corrected chi connectivity index (χ3v) is 3.80. The number of nitrogens with two attached hydrogens (primary N) is 2. The minimum absolute atomic E-state index is 0.0998. The number of amides is 1. The summed E-state index contributed by atoms with van der Waals surface area (Å²) in [5, 5.41) is 17.3. The fraction of sp³-hybridized carbons (Fsp3) is 0.500. The van der Waals surface area contributed by atoms with E-state index in [1.807, 2.05) is 30.3 Å². The Labute approximate surface area is 169 Å². The summed E-state index contributed by atoms with van der Waals surface area (Å²) >= 11 is 0.